The molecule has 22 heavy (non-hydrogen) atoms. The van der Waals surface area contributed by atoms with Gasteiger partial charge in [-0.15, -0.1) is 0 Å². The van der Waals surface area contributed by atoms with Crippen molar-refractivity contribution >= 4 is 11.9 Å². The van der Waals surface area contributed by atoms with Crippen LogP contribution in [0.3, 0.4) is 0 Å². The van der Waals surface area contributed by atoms with Gasteiger partial charge in [0.1, 0.15) is 0 Å². The van der Waals surface area contributed by atoms with Crippen molar-refractivity contribution in [3.8, 4) is 0 Å². The van der Waals surface area contributed by atoms with Crippen molar-refractivity contribution in [1.29, 1.82) is 0 Å². The Kier molecular flexibility index (Phi) is 4.30. The van der Waals surface area contributed by atoms with Gasteiger partial charge < -0.3 is 15.4 Å². The SMILES string of the molecule is CCn1nc(C)c(C(C)NC(=O)c2nc[nH]c2C(=O)O)c1C. The molecule has 0 saturated carbocycles. The number of nitrogens with one attached hydrogen (secondary N) is 2. The van der Waals surface area contributed by atoms with Gasteiger partial charge in [0.25, 0.3) is 5.91 Å². The molecular weight excluding hydrogens is 286 g/mol. The largest absolute Gasteiger partial charge is 0.477 e. The number of aryl methyl sites for hydroxylation is 2. The van der Waals surface area contributed by atoms with Gasteiger partial charge in [-0.3, -0.25) is 9.48 Å². The number of aromatic amines is 1. The number of carbonyl (C=O) groups excluding carboxylic acids is 1. The van der Waals surface area contributed by atoms with E-state index in [-0.39, 0.29) is 17.4 Å². The maximum Gasteiger partial charge on any atom is 0.354 e. The molecule has 0 spiro atoms. The van der Waals surface area contributed by atoms with Gasteiger partial charge >= 0.3 is 5.97 Å². The second-order valence-corrected chi connectivity index (χ2v) is 5.03. The summed E-state index contributed by atoms with van der Waals surface area (Å²) < 4.78 is 1.87. The fourth-order valence-corrected chi connectivity index (χ4v) is 2.61. The third-order valence-corrected chi connectivity index (χ3v) is 3.59. The smallest absolute Gasteiger partial charge is 0.354 e. The zero-order valence-electron chi connectivity index (χ0n) is 13.0. The lowest BCUT2D eigenvalue weighted by Gasteiger charge is -2.14. The predicted octanol–water partition coefficient (Wildman–Crippen LogP) is 1.43. The summed E-state index contributed by atoms with van der Waals surface area (Å²) in [5.41, 5.74) is 2.41. The molecule has 0 aliphatic rings. The van der Waals surface area contributed by atoms with Crippen LogP contribution in [0.2, 0.25) is 0 Å². The third kappa shape index (κ3) is 2.72. The van der Waals surface area contributed by atoms with E-state index in [1.165, 1.54) is 6.33 Å². The molecule has 0 aliphatic carbocycles. The molecule has 0 bridgehead atoms. The average molecular weight is 305 g/mol. The summed E-state index contributed by atoms with van der Waals surface area (Å²) in [4.78, 5) is 29.5. The molecule has 1 unspecified atom stereocenters. The van der Waals surface area contributed by atoms with Crippen LogP contribution in [0, 0.1) is 13.8 Å². The van der Waals surface area contributed by atoms with Crippen molar-refractivity contribution in [3.63, 3.8) is 0 Å². The van der Waals surface area contributed by atoms with E-state index in [9.17, 15) is 9.59 Å². The number of amides is 1. The first-order chi connectivity index (χ1) is 10.4. The average Bonchev–Trinajstić information content (AvgIpc) is 3.03. The van der Waals surface area contributed by atoms with Crippen molar-refractivity contribution in [2.45, 2.75) is 40.3 Å². The molecule has 2 rings (SSSR count). The molecular formula is C14H19N5O3. The van der Waals surface area contributed by atoms with Crippen LogP contribution in [0.4, 0.5) is 0 Å². The van der Waals surface area contributed by atoms with Crippen LogP contribution in [0.5, 0.6) is 0 Å². The van der Waals surface area contributed by atoms with Gasteiger partial charge in [-0.05, 0) is 27.7 Å². The van der Waals surface area contributed by atoms with Gasteiger partial charge in [0.15, 0.2) is 11.4 Å². The van der Waals surface area contributed by atoms with Gasteiger partial charge in [0.2, 0.25) is 0 Å². The lowest BCUT2D eigenvalue weighted by Crippen LogP contribution is -2.29. The van der Waals surface area contributed by atoms with E-state index in [4.69, 9.17) is 5.11 Å². The molecule has 2 aromatic heterocycles. The first-order valence-corrected chi connectivity index (χ1v) is 6.98. The summed E-state index contributed by atoms with van der Waals surface area (Å²) in [7, 11) is 0. The minimum Gasteiger partial charge on any atom is -0.477 e. The molecule has 8 nitrogen and oxygen atoms in total. The molecule has 0 saturated heterocycles. The van der Waals surface area contributed by atoms with Crippen molar-refractivity contribution in [1.82, 2.24) is 25.1 Å². The number of aromatic carboxylic acids is 1. The Morgan fingerprint density at radius 3 is 2.68 bits per heavy atom. The molecule has 0 radical (unpaired) electrons. The fraction of sp³-hybridized carbons (Fsp3) is 0.429. The molecule has 118 valence electrons. The normalized spacial score (nSPS) is 12.2. The van der Waals surface area contributed by atoms with E-state index >= 15 is 0 Å². The molecule has 0 aromatic carbocycles. The van der Waals surface area contributed by atoms with Gasteiger partial charge in [0.05, 0.1) is 18.1 Å². The van der Waals surface area contributed by atoms with Crippen molar-refractivity contribution < 1.29 is 14.7 Å². The molecule has 3 N–H and O–H groups in total. The zero-order chi connectivity index (χ0) is 16.4. The van der Waals surface area contributed by atoms with Crippen LogP contribution in [-0.2, 0) is 6.54 Å². The maximum absolute atomic E-state index is 12.2. The highest BCUT2D eigenvalue weighted by atomic mass is 16.4. The molecule has 0 aliphatic heterocycles. The number of H-pyrrole nitrogens is 1. The first kappa shape index (κ1) is 15.7. The number of rotatable bonds is 5. The zero-order valence-corrected chi connectivity index (χ0v) is 13.0. The van der Waals surface area contributed by atoms with Crippen LogP contribution in [0.25, 0.3) is 0 Å². The quantitative estimate of drug-likeness (QED) is 0.773. The summed E-state index contributed by atoms with van der Waals surface area (Å²) in [6.45, 7) is 8.40. The Hall–Kier alpha value is -2.64. The van der Waals surface area contributed by atoms with Crippen LogP contribution < -0.4 is 5.32 Å². The monoisotopic (exact) mass is 305 g/mol. The van der Waals surface area contributed by atoms with Crippen LogP contribution in [0.15, 0.2) is 6.33 Å². The summed E-state index contributed by atoms with van der Waals surface area (Å²) >= 11 is 0. The first-order valence-electron chi connectivity index (χ1n) is 6.98. The van der Waals surface area contributed by atoms with E-state index in [0.29, 0.717) is 0 Å². The summed E-state index contributed by atoms with van der Waals surface area (Å²) in [5.74, 6) is -1.75. The van der Waals surface area contributed by atoms with E-state index in [1.54, 1.807) is 0 Å². The third-order valence-electron chi connectivity index (χ3n) is 3.59. The molecule has 1 atom stereocenters. The van der Waals surface area contributed by atoms with Gasteiger partial charge in [-0.1, -0.05) is 0 Å². The molecule has 2 heterocycles. The van der Waals surface area contributed by atoms with E-state index in [2.05, 4.69) is 20.4 Å². The Morgan fingerprint density at radius 2 is 2.14 bits per heavy atom. The number of carboxylic acids is 1. The highest BCUT2D eigenvalue weighted by Gasteiger charge is 2.23. The number of carbonyl (C=O) groups is 2. The van der Waals surface area contributed by atoms with Crippen molar-refractivity contribution in [2.24, 2.45) is 0 Å². The van der Waals surface area contributed by atoms with E-state index in [1.807, 2.05) is 32.4 Å². The van der Waals surface area contributed by atoms with E-state index in [0.717, 1.165) is 23.5 Å². The number of imidazole rings is 1. The highest BCUT2D eigenvalue weighted by Crippen LogP contribution is 2.21. The molecule has 8 heteroatoms. The van der Waals surface area contributed by atoms with Crippen molar-refractivity contribution in [2.75, 3.05) is 0 Å². The summed E-state index contributed by atoms with van der Waals surface area (Å²) in [5, 5.41) is 16.2. The minimum atomic E-state index is -1.22. The predicted molar refractivity (Wildman–Crippen MR) is 78.8 cm³/mol. The van der Waals surface area contributed by atoms with Gasteiger partial charge in [-0.25, -0.2) is 9.78 Å². The highest BCUT2D eigenvalue weighted by molar-refractivity contribution is 6.02. The second-order valence-electron chi connectivity index (χ2n) is 5.03. The van der Waals surface area contributed by atoms with Gasteiger partial charge in [-0.2, -0.15) is 5.10 Å². The maximum atomic E-state index is 12.2. The number of aromatic nitrogens is 4. The topological polar surface area (TPSA) is 113 Å². The van der Waals surface area contributed by atoms with E-state index < -0.39 is 11.9 Å². The molecule has 2 aromatic rings. The lowest BCUT2D eigenvalue weighted by molar-refractivity contribution is 0.0684. The van der Waals surface area contributed by atoms with Crippen LogP contribution in [-0.4, -0.2) is 36.7 Å². The number of hydrogen-bond acceptors (Lipinski definition) is 4. The van der Waals surface area contributed by atoms with Gasteiger partial charge in [0, 0.05) is 17.8 Å². The van der Waals surface area contributed by atoms with Crippen LogP contribution in [0.1, 0.15) is 57.8 Å². The fourth-order valence-electron chi connectivity index (χ4n) is 2.61. The molecule has 1 amide bonds. The number of hydrogen-bond donors (Lipinski definition) is 3. The summed E-state index contributed by atoms with van der Waals surface area (Å²) in [6.07, 6.45) is 1.19. The Labute approximate surface area is 127 Å². The number of nitrogens with zero attached hydrogens (tertiary/aromatic N) is 3. The Morgan fingerprint density at radius 1 is 1.45 bits per heavy atom. The summed E-state index contributed by atoms with van der Waals surface area (Å²) in [6, 6.07) is -0.300. The minimum absolute atomic E-state index is 0.127. The van der Waals surface area contributed by atoms with Crippen LogP contribution >= 0.6 is 0 Å². The second kappa shape index (κ2) is 6.00. The lowest BCUT2D eigenvalue weighted by atomic mass is 10.1. The van der Waals surface area contributed by atoms with Crippen molar-refractivity contribution in [3.05, 3.63) is 34.7 Å². The number of carboxylic acid groups (broad SMARTS) is 1. The Bertz CT molecular complexity index is 716. The Balaban J connectivity index is 2.23. The molecule has 0 fully saturated rings. The standard InChI is InChI=1S/C14H19N5O3/c1-5-19-9(4)10(8(3)18-19)7(2)17-13(20)11-12(14(21)22)16-6-15-11/h6-7H,5H2,1-4H3,(H,15,16)(H,17,20)(H,21,22).